The lowest BCUT2D eigenvalue weighted by Gasteiger charge is -2.14. The molecule has 0 radical (unpaired) electrons. The molecular weight excluding hydrogens is 306 g/mol. The molecule has 0 aliphatic heterocycles. The SMILES string of the molecule is CC(CC(=O)NOC1CCCC1)c1ccc(Br)cc1. The number of halogens is 1. The van der Waals surface area contributed by atoms with Gasteiger partial charge in [0.1, 0.15) is 0 Å². The Balaban J connectivity index is 1.76. The summed E-state index contributed by atoms with van der Waals surface area (Å²) in [5.74, 6) is 0.155. The molecule has 19 heavy (non-hydrogen) atoms. The van der Waals surface area contributed by atoms with Crippen molar-refractivity contribution < 1.29 is 9.63 Å². The van der Waals surface area contributed by atoms with E-state index >= 15 is 0 Å². The van der Waals surface area contributed by atoms with E-state index in [2.05, 4.69) is 28.3 Å². The fraction of sp³-hybridized carbons (Fsp3) is 0.533. The van der Waals surface area contributed by atoms with Crippen LogP contribution in [0.15, 0.2) is 28.7 Å². The zero-order valence-corrected chi connectivity index (χ0v) is 12.8. The molecular formula is C15H20BrNO2. The largest absolute Gasteiger partial charge is 0.273 e. The molecule has 1 aromatic rings. The average molecular weight is 326 g/mol. The first-order valence-corrected chi connectivity index (χ1v) is 7.64. The Morgan fingerprint density at radius 2 is 2.00 bits per heavy atom. The molecule has 1 aliphatic carbocycles. The Morgan fingerprint density at radius 1 is 1.37 bits per heavy atom. The van der Waals surface area contributed by atoms with E-state index < -0.39 is 0 Å². The van der Waals surface area contributed by atoms with Crippen LogP contribution in [0.2, 0.25) is 0 Å². The molecule has 2 rings (SSSR count). The summed E-state index contributed by atoms with van der Waals surface area (Å²) in [6.45, 7) is 2.05. The monoisotopic (exact) mass is 325 g/mol. The predicted octanol–water partition coefficient (Wildman–Crippen LogP) is 3.93. The molecule has 1 aromatic carbocycles. The van der Waals surface area contributed by atoms with E-state index in [0.717, 1.165) is 17.3 Å². The van der Waals surface area contributed by atoms with E-state index in [1.165, 1.54) is 18.4 Å². The molecule has 4 heteroatoms. The number of hydrogen-bond acceptors (Lipinski definition) is 2. The zero-order chi connectivity index (χ0) is 13.7. The van der Waals surface area contributed by atoms with Gasteiger partial charge in [0, 0.05) is 10.9 Å². The smallest absolute Gasteiger partial charge is 0.244 e. The molecule has 1 unspecified atom stereocenters. The Bertz CT molecular complexity index is 413. The maximum absolute atomic E-state index is 11.8. The van der Waals surface area contributed by atoms with Gasteiger partial charge in [0.15, 0.2) is 0 Å². The first-order valence-electron chi connectivity index (χ1n) is 6.85. The van der Waals surface area contributed by atoms with Gasteiger partial charge in [-0.2, -0.15) is 0 Å². The van der Waals surface area contributed by atoms with Crippen LogP contribution in [0.25, 0.3) is 0 Å². The Labute approximate surface area is 122 Å². The molecule has 1 amide bonds. The number of carbonyl (C=O) groups excluding carboxylic acids is 1. The zero-order valence-electron chi connectivity index (χ0n) is 11.2. The lowest BCUT2D eigenvalue weighted by Crippen LogP contribution is -2.29. The van der Waals surface area contributed by atoms with Crippen molar-refractivity contribution in [3.8, 4) is 0 Å². The number of rotatable bonds is 5. The van der Waals surface area contributed by atoms with Crippen molar-refractivity contribution in [1.82, 2.24) is 5.48 Å². The molecule has 1 fully saturated rings. The molecule has 1 aliphatic rings. The minimum atomic E-state index is -0.0395. The predicted molar refractivity (Wildman–Crippen MR) is 78.7 cm³/mol. The van der Waals surface area contributed by atoms with Crippen LogP contribution in [0.5, 0.6) is 0 Å². The summed E-state index contributed by atoms with van der Waals surface area (Å²) in [7, 11) is 0. The van der Waals surface area contributed by atoms with E-state index in [4.69, 9.17) is 4.84 Å². The summed E-state index contributed by atoms with van der Waals surface area (Å²) in [6, 6.07) is 8.08. The molecule has 0 aromatic heterocycles. The van der Waals surface area contributed by atoms with E-state index in [-0.39, 0.29) is 17.9 Å². The number of nitrogens with one attached hydrogen (secondary N) is 1. The third-order valence-electron chi connectivity index (χ3n) is 3.57. The number of benzene rings is 1. The summed E-state index contributed by atoms with van der Waals surface area (Å²) in [5, 5.41) is 0. The number of carbonyl (C=O) groups is 1. The van der Waals surface area contributed by atoms with Crippen LogP contribution >= 0.6 is 15.9 Å². The van der Waals surface area contributed by atoms with Crippen molar-refractivity contribution >= 4 is 21.8 Å². The van der Waals surface area contributed by atoms with Gasteiger partial charge in [0.2, 0.25) is 5.91 Å². The van der Waals surface area contributed by atoms with Gasteiger partial charge >= 0.3 is 0 Å². The lowest BCUT2D eigenvalue weighted by atomic mass is 9.98. The molecule has 0 heterocycles. The van der Waals surface area contributed by atoms with Crippen LogP contribution in [0, 0.1) is 0 Å². The quantitative estimate of drug-likeness (QED) is 0.833. The maximum Gasteiger partial charge on any atom is 0.244 e. The summed E-state index contributed by atoms with van der Waals surface area (Å²) in [4.78, 5) is 17.2. The fourth-order valence-electron chi connectivity index (χ4n) is 2.38. The highest BCUT2D eigenvalue weighted by Crippen LogP contribution is 2.22. The van der Waals surface area contributed by atoms with Crippen molar-refractivity contribution in [1.29, 1.82) is 0 Å². The van der Waals surface area contributed by atoms with Crippen LogP contribution < -0.4 is 5.48 Å². The van der Waals surface area contributed by atoms with Crippen LogP contribution in [-0.2, 0) is 9.63 Å². The lowest BCUT2D eigenvalue weighted by molar-refractivity contribution is -0.138. The summed E-state index contributed by atoms with van der Waals surface area (Å²) < 4.78 is 1.05. The van der Waals surface area contributed by atoms with Crippen LogP contribution in [0.4, 0.5) is 0 Å². The van der Waals surface area contributed by atoms with Gasteiger partial charge in [-0.25, -0.2) is 5.48 Å². The normalized spacial score (nSPS) is 17.4. The molecule has 3 nitrogen and oxygen atoms in total. The van der Waals surface area contributed by atoms with Crippen molar-refractivity contribution in [2.45, 2.75) is 51.0 Å². The minimum absolute atomic E-state index is 0.0395. The number of hydroxylamine groups is 1. The van der Waals surface area contributed by atoms with Crippen LogP contribution in [0.1, 0.15) is 50.5 Å². The second kappa shape index (κ2) is 7.06. The third-order valence-corrected chi connectivity index (χ3v) is 4.10. The average Bonchev–Trinajstić information content (AvgIpc) is 2.90. The van der Waals surface area contributed by atoms with E-state index in [0.29, 0.717) is 6.42 Å². The fourth-order valence-corrected chi connectivity index (χ4v) is 2.65. The Morgan fingerprint density at radius 3 is 2.63 bits per heavy atom. The standard InChI is InChI=1S/C15H20BrNO2/c1-11(12-6-8-13(16)9-7-12)10-15(18)17-19-14-4-2-3-5-14/h6-9,11,14H,2-5,10H2,1H3,(H,17,18). The molecule has 0 bridgehead atoms. The molecule has 104 valence electrons. The number of amides is 1. The molecule has 0 spiro atoms. The Kier molecular flexibility index (Phi) is 5.40. The van der Waals surface area contributed by atoms with Crippen molar-refractivity contribution in [2.24, 2.45) is 0 Å². The molecule has 0 saturated heterocycles. The van der Waals surface area contributed by atoms with Gasteiger partial charge in [0.25, 0.3) is 0 Å². The molecule has 1 atom stereocenters. The Hall–Kier alpha value is -0.870. The second-order valence-electron chi connectivity index (χ2n) is 5.21. The van der Waals surface area contributed by atoms with Gasteiger partial charge in [-0.3, -0.25) is 9.63 Å². The van der Waals surface area contributed by atoms with Crippen molar-refractivity contribution in [3.63, 3.8) is 0 Å². The first kappa shape index (κ1) is 14.5. The van der Waals surface area contributed by atoms with Gasteiger partial charge in [0.05, 0.1) is 6.10 Å². The first-order chi connectivity index (χ1) is 9.15. The summed E-state index contributed by atoms with van der Waals surface area (Å²) >= 11 is 3.41. The van der Waals surface area contributed by atoms with Crippen molar-refractivity contribution in [3.05, 3.63) is 34.3 Å². The topological polar surface area (TPSA) is 38.3 Å². The number of hydrogen-bond donors (Lipinski definition) is 1. The molecule has 1 N–H and O–H groups in total. The summed E-state index contributed by atoms with van der Waals surface area (Å²) in [5.41, 5.74) is 3.75. The highest BCUT2D eigenvalue weighted by atomic mass is 79.9. The van der Waals surface area contributed by atoms with E-state index in [9.17, 15) is 4.79 Å². The highest BCUT2D eigenvalue weighted by Gasteiger charge is 2.18. The van der Waals surface area contributed by atoms with E-state index in [1.54, 1.807) is 0 Å². The van der Waals surface area contributed by atoms with E-state index in [1.807, 2.05) is 24.3 Å². The minimum Gasteiger partial charge on any atom is -0.273 e. The molecule has 1 saturated carbocycles. The van der Waals surface area contributed by atoms with Crippen LogP contribution in [-0.4, -0.2) is 12.0 Å². The highest BCUT2D eigenvalue weighted by molar-refractivity contribution is 9.10. The summed E-state index contributed by atoms with van der Waals surface area (Å²) in [6.07, 6.45) is 5.19. The van der Waals surface area contributed by atoms with Crippen molar-refractivity contribution in [2.75, 3.05) is 0 Å². The van der Waals surface area contributed by atoms with Gasteiger partial charge < -0.3 is 0 Å². The maximum atomic E-state index is 11.8. The van der Waals surface area contributed by atoms with Gasteiger partial charge in [-0.05, 0) is 36.5 Å². The third kappa shape index (κ3) is 4.62. The van der Waals surface area contributed by atoms with Gasteiger partial charge in [-0.15, -0.1) is 0 Å². The second-order valence-corrected chi connectivity index (χ2v) is 6.12. The van der Waals surface area contributed by atoms with Crippen LogP contribution in [0.3, 0.4) is 0 Å². The van der Waals surface area contributed by atoms with Gasteiger partial charge in [-0.1, -0.05) is 47.8 Å².